The van der Waals surface area contributed by atoms with Crippen LogP contribution in [0, 0.1) is 0 Å². The minimum Gasteiger partial charge on any atom is -0.508 e. The van der Waals surface area contributed by atoms with E-state index in [1.54, 1.807) is 12.1 Å². The minimum absolute atomic E-state index is 0.0211. The summed E-state index contributed by atoms with van der Waals surface area (Å²) in [4.78, 5) is 11.5. The van der Waals surface area contributed by atoms with Gasteiger partial charge < -0.3 is 15.3 Å². The Bertz CT molecular complexity index is 811. The van der Waals surface area contributed by atoms with E-state index in [1.165, 1.54) is 18.2 Å². The zero-order chi connectivity index (χ0) is 18.1. The van der Waals surface area contributed by atoms with Gasteiger partial charge >= 0.3 is 5.97 Å². The second-order valence-electron chi connectivity index (χ2n) is 6.42. The highest BCUT2D eigenvalue weighted by Gasteiger charge is 2.29. The summed E-state index contributed by atoms with van der Waals surface area (Å²) < 4.78 is 0. The number of benzene rings is 2. The molecule has 1 aliphatic carbocycles. The molecule has 0 spiro atoms. The van der Waals surface area contributed by atoms with E-state index in [0.717, 1.165) is 31.2 Å². The highest BCUT2D eigenvalue weighted by atomic mass is 35.5. The van der Waals surface area contributed by atoms with Crippen LogP contribution >= 0.6 is 23.2 Å². The number of carboxylic acid groups (broad SMARTS) is 1. The number of aromatic carboxylic acids is 1. The zero-order valence-corrected chi connectivity index (χ0v) is 14.9. The predicted molar refractivity (Wildman–Crippen MR) is 97.1 cm³/mol. The van der Waals surface area contributed by atoms with E-state index in [9.17, 15) is 20.1 Å². The van der Waals surface area contributed by atoms with Crippen molar-refractivity contribution in [2.45, 2.75) is 37.5 Å². The molecule has 1 aliphatic rings. The van der Waals surface area contributed by atoms with Crippen molar-refractivity contribution < 1.29 is 20.1 Å². The lowest BCUT2D eigenvalue weighted by molar-refractivity contribution is 0.0694. The van der Waals surface area contributed by atoms with E-state index in [-0.39, 0.29) is 28.9 Å². The average molecular weight is 381 g/mol. The fraction of sp³-hybridized carbons (Fsp3) is 0.316. The van der Waals surface area contributed by atoms with Gasteiger partial charge in [0.05, 0.1) is 15.6 Å². The molecule has 0 amide bonds. The Morgan fingerprint density at radius 1 is 0.960 bits per heavy atom. The lowest BCUT2D eigenvalue weighted by Gasteiger charge is -2.30. The van der Waals surface area contributed by atoms with E-state index < -0.39 is 5.97 Å². The molecule has 0 aliphatic heterocycles. The van der Waals surface area contributed by atoms with Crippen molar-refractivity contribution in [2.24, 2.45) is 0 Å². The molecule has 0 radical (unpaired) electrons. The highest BCUT2D eigenvalue weighted by molar-refractivity contribution is 6.42. The van der Waals surface area contributed by atoms with Crippen molar-refractivity contribution in [3.63, 3.8) is 0 Å². The summed E-state index contributed by atoms with van der Waals surface area (Å²) in [6, 6.07) is 7.67. The van der Waals surface area contributed by atoms with Crippen molar-refractivity contribution in [1.82, 2.24) is 0 Å². The number of halogens is 2. The summed E-state index contributed by atoms with van der Waals surface area (Å²) >= 11 is 12.4. The second-order valence-corrected chi connectivity index (χ2v) is 7.20. The molecule has 3 N–H and O–H groups in total. The lowest BCUT2D eigenvalue weighted by atomic mass is 9.75. The maximum atomic E-state index is 11.5. The first-order chi connectivity index (χ1) is 11.9. The van der Waals surface area contributed by atoms with Crippen molar-refractivity contribution >= 4 is 29.2 Å². The molecule has 0 unspecified atom stereocenters. The standard InChI is InChI=1S/C19H18Cl2O4/c20-15-8-7-14(19(24)25)17(18(15)21)11-3-1-10(2-4-11)13-6-5-12(22)9-16(13)23/h5-11,22-23H,1-4H2,(H,24,25)/t10-,11-. The highest BCUT2D eigenvalue weighted by Crippen LogP contribution is 2.46. The van der Waals surface area contributed by atoms with Gasteiger partial charge in [-0.15, -0.1) is 0 Å². The number of phenols is 2. The van der Waals surface area contributed by atoms with Crippen molar-refractivity contribution in [3.05, 3.63) is 57.1 Å². The van der Waals surface area contributed by atoms with Gasteiger partial charge in [-0.25, -0.2) is 4.79 Å². The fourth-order valence-corrected chi connectivity index (χ4v) is 4.21. The molecule has 1 saturated carbocycles. The van der Waals surface area contributed by atoms with Gasteiger partial charge in [-0.2, -0.15) is 0 Å². The van der Waals surface area contributed by atoms with Crippen LogP contribution in [0.25, 0.3) is 0 Å². The normalized spacial score (nSPS) is 20.4. The summed E-state index contributed by atoms with van der Waals surface area (Å²) in [6.07, 6.45) is 3.10. The Labute approximate surface area is 155 Å². The Morgan fingerprint density at radius 2 is 1.60 bits per heavy atom. The summed E-state index contributed by atoms with van der Waals surface area (Å²) in [5.41, 5.74) is 1.62. The Hall–Kier alpha value is -1.91. The molecule has 0 heterocycles. The first-order valence-corrected chi connectivity index (χ1v) is 8.87. The summed E-state index contributed by atoms with van der Waals surface area (Å²) in [5, 5.41) is 29.6. The van der Waals surface area contributed by atoms with Gasteiger partial charge in [-0.05, 0) is 66.8 Å². The van der Waals surface area contributed by atoms with Gasteiger partial charge in [0, 0.05) is 6.07 Å². The minimum atomic E-state index is -1.01. The van der Waals surface area contributed by atoms with Crippen LogP contribution in [-0.2, 0) is 0 Å². The molecular formula is C19H18Cl2O4. The molecule has 0 bridgehead atoms. The number of carbonyl (C=O) groups is 1. The molecule has 132 valence electrons. The van der Waals surface area contributed by atoms with Gasteiger partial charge in [0.2, 0.25) is 0 Å². The predicted octanol–water partition coefficient (Wildman–Crippen LogP) is 5.54. The molecule has 0 saturated heterocycles. The molecular weight excluding hydrogens is 363 g/mol. The van der Waals surface area contributed by atoms with Gasteiger partial charge in [0.25, 0.3) is 0 Å². The molecule has 4 nitrogen and oxygen atoms in total. The molecule has 2 aromatic carbocycles. The van der Waals surface area contributed by atoms with Crippen molar-refractivity contribution in [2.75, 3.05) is 0 Å². The fourth-order valence-electron chi connectivity index (χ4n) is 3.72. The molecule has 2 aromatic rings. The van der Waals surface area contributed by atoms with Gasteiger partial charge in [0.1, 0.15) is 11.5 Å². The van der Waals surface area contributed by atoms with Crippen LogP contribution in [0.3, 0.4) is 0 Å². The van der Waals surface area contributed by atoms with Crippen LogP contribution in [0.1, 0.15) is 59.0 Å². The van der Waals surface area contributed by atoms with Crippen molar-refractivity contribution in [3.8, 4) is 11.5 Å². The van der Waals surface area contributed by atoms with Gasteiger partial charge in [0.15, 0.2) is 0 Å². The number of rotatable bonds is 3. The molecule has 0 aromatic heterocycles. The quantitative estimate of drug-likeness (QED) is 0.652. The smallest absolute Gasteiger partial charge is 0.336 e. The summed E-state index contributed by atoms with van der Waals surface area (Å²) in [7, 11) is 0. The lowest BCUT2D eigenvalue weighted by Crippen LogP contribution is -2.15. The first kappa shape index (κ1) is 17.9. The maximum absolute atomic E-state index is 11.5. The number of aromatic hydroxyl groups is 2. The average Bonchev–Trinajstić information content (AvgIpc) is 2.57. The Kier molecular flexibility index (Phi) is 5.11. The van der Waals surface area contributed by atoms with Crippen LogP contribution in [-0.4, -0.2) is 21.3 Å². The van der Waals surface area contributed by atoms with E-state index >= 15 is 0 Å². The molecule has 0 atom stereocenters. The third-order valence-corrected chi connectivity index (χ3v) is 5.77. The van der Waals surface area contributed by atoms with E-state index in [2.05, 4.69) is 0 Å². The Morgan fingerprint density at radius 3 is 2.20 bits per heavy atom. The molecule has 6 heteroatoms. The number of hydrogen-bond acceptors (Lipinski definition) is 3. The van der Waals surface area contributed by atoms with Crippen LogP contribution in [0.5, 0.6) is 11.5 Å². The number of carboxylic acids is 1. The van der Waals surface area contributed by atoms with Crippen LogP contribution in [0.15, 0.2) is 30.3 Å². The largest absolute Gasteiger partial charge is 0.508 e. The van der Waals surface area contributed by atoms with E-state index in [1.807, 2.05) is 0 Å². The summed E-state index contributed by atoms with van der Waals surface area (Å²) in [6.45, 7) is 0. The maximum Gasteiger partial charge on any atom is 0.336 e. The topological polar surface area (TPSA) is 77.8 Å². The molecule has 1 fully saturated rings. The first-order valence-electron chi connectivity index (χ1n) is 8.11. The third kappa shape index (κ3) is 3.55. The number of hydrogen-bond donors (Lipinski definition) is 3. The van der Waals surface area contributed by atoms with Crippen molar-refractivity contribution in [1.29, 1.82) is 0 Å². The van der Waals surface area contributed by atoms with Crippen LogP contribution in [0.4, 0.5) is 0 Å². The van der Waals surface area contributed by atoms with E-state index in [4.69, 9.17) is 23.2 Å². The summed E-state index contributed by atoms with van der Waals surface area (Å²) in [5.74, 6) is -0.690. The van der Waals surface area contributed by atoms with Gasteiger partial charge in [-0.3, -0.25) is 0 Å². The Balaban J connectivity index is 1.83. The monoisotopic (exact) mass is 380 g/mol. The number of phenolic OH excluding ortho intramolecular Hbond substituents is 2. The van der Waals surface area contributed by atoms with Crippen LogP contribution < -0.4 is 0 Å². The van der Waals surface area contributed by atoms with E-state index in [0.29, 0.717) is 15.6 Å². The molecule has 3 rings (SSSR count). The van der Waals surface area contributed by atoms with Gasteiger partial charge in [-0.1, -0.05) is 29.3 Å². The third-order valence-electron chi connectivity index (χ3n) is 4.95. The molecule has 25 heavy (non-hydrogen) atoms. The zero-order valence-electron chi connectivity index (χ0n) is 13.4. The second kappa shape index (κ2) is 7.14. The van der Waals surface area contributed by atoms with Crippen LogP contribution in [0.2, 0.25) is 10.0 Å². The SMILES string of the molecule is O=C(O)c1ccc(Cl)c(Cl)c1[C@H]1CC[C@H](c2ccc(O)cc2O)CC1.